The number of benzene rings is 1. The number of ketones is 2. The average Bonchev–Trinajstić information content (AvgIpc) is 2.68. The number of rotatable bonds is 4. The van der Waals surface area contributed by atoms with E-state index in [0.29, 0.717) is 33.5 Å². The number of carbonyl (C=O) groups is 3. The van der Waals surface area contributed by atoms with Crippen LogP contribution in [0.4, 0.5) is 0 Å². The van der Waals surface area contributed by atoms with Crippen molar-refractivity contribution < 1.29 is 14.4 Å². The van der Waals surface area contributed by atoms with E-state index < -0.39 is 0 Å². The number of hydrogen-bond acceptors (Lipinski definition) is 4. The fourth-order valence-electron chi connectivity index (χ4n) is 3.89. The quantitative estimate of drug-likeness (QED) is 0.885. The minimum atomic E-state index is -0.182. The fraction of sp³-hybridized carbons (Fsp3) is 0.304. The lowest BCUT2D eigenvalue weighted by molar-refractivity contribution is 0.0848. The largest absolute Gasteiger partial charge is 0.347 e. The number of pyridine rings is 1. The molecule has 1 N–H and O–H groups in total. The van der Waals surface area contributed by atoms with Crippen molar-refractivity contribution in [3.05, 3.63) is 76.1 Å². The highest BCUT2D eigenvalue weighted by atomic mass is 16.2. The van der Waals surface area contributed by atoms with Gasteiger partial charge in [0.1, 0.15) is 0 Å². The number of hydrogen-bond donors (Lipinski definition) is 1. The lowest BCUT2D eigenvalue weighted by Crippen LogP contribution is -2.51. The van der Waals surface area contributed by atoms with E-state index in [4.69, 9.17) is 0 Å². The van der Waals surface area contributed by atoms with E-state index in [9.17, 15) is 14.4 Å². The molecule has 1 amide bonds. The Hall–Kier alpha value is -3.08. The molecule has 1 saturated carbocycles. The van der Waals surface area contributed by atoms with E-state index in [0.717, 1.165) is 19.3 Å². The fourth-order valence-corrected chi connectivity index (χ4v) is 3.89. The van der Waals surface area contributed by atoms with Gasteiger partial charge in [-0.2, -0.15) is 0 Å². The zero-order chi connectivity index (χ0) is 19.9. The number of allylic oxidation sites excluding steroid dienone is 2. The number of amides is 1. The first kappa shape index (κ1) is 18.3. The lowest BCUT2D eigenvalue weighted by Gasteiger charge is -2.39. The van der Waals surface area contributed by atoms with Crippen LogP contribution in [0.15, 0.2) is 53.7 Å². The van der Waals surface area contributed by atoms with E-state index in [-0.39, 0.29) is 29.4 Å². The van der Waals surface area contributed by atoms with Crippen LogP contribution in [0.2, 0.25) is 0 Å². The summed E-state index contributed by atoms with van der Waals surface area (Å²) in [6.45, 7) is 3.71. The molecule has 5 heteroatoms. The monoisotopic (exact) mass is 374 g/mol. The third-order valence-corrected chi connectivity index (χ3v) is 5.84. The molecule has 0 aliphatic heterocycles. The van der Waals surface area contributed by atoms with Crippen LogP contribution in [0.3, 0.4) is 0 Å². The van der Waals surface area contributed by atoms with Crippen molar-refractivity contribution >= 4 is 17.5 Å². The summed E-state index contributed by atoms with van der Waals surface area (Å²) in [6, 6.07) is 10.3. The predicted molar refractivity (Wildman–Crippen MR) is 105 cm³/mol. The van der Waals surface area contributed by atoms with Gasteiger partial charge < -0.3 is 5.32 Å². The first-order valence-electron chi connectivity index (χ1n) is 9.54. The molecule has 0 bridgehead atoms. The molecule has 0 unspecified atom stereocenters. The van der Waals surface area contributed by atoms with Gasteiger partial charge in [0, 0.05) is 40.4 Å². The Bertz CT molecular complexity index is 1030. The van der Waals surface area contributed by atoms with Gasteiger partial charge in [-0.15, -0.1) is 0 Å². The summed E-state index contributed by atoms with van der Waals surface area (Å²) in [7, 11) is 0. The number of nitrogens with one attached hydrogen (secondary N) is 1. The Balaban J connectivity index is 1.66. The lowest BCUT2D eigenvalue weighted by atomic mass is 9.78. The molecule has 0 spiro atoms. The van der Waals surface area contributed by atoms with Gasteiger partial charge in [0.2, 0.25) is 0 Å². The molecule has 1 fully saturated rings. The number of nitrogens with zero attached hydrogens (tertiary/aromatic N) is 1. The molecule has 2 aliphatic rings. The zero-order valence-electron chi connectivity index (χ0n) is 16.0. The van der Waals surface area contributed by atoms with Crippen molar-refractivity contribution in [1.82, 2.24) is 10.3 Å². The highest BCUT2D eigenvalue weighted by molar-refractivity contribution is 6.26. The van der Waals surface area contributed by atoms with E-state index in [1.165, 1.54) is 0 Å². The SMILES string of the molecule is CC1=C(Cc2ncccc2C(=O)NC2(C)CCC2)C(=O)c2ccccc2C1=O. The van der Waals surface area contributed by atoms with Crippen molar-refractivity contribution in [1.29, 1.82) is 0 Å². The molecule has 1 heterocycles. The summed E-state index contributed by atoms with van der Waals surface area (Å²) < 4.78 is 0. The molecule has 28 heavy (non-hydrogen) atoms. The summed E-state index contributed by atoms with van der Waals surface area (Å²) in [4.78, 5) is 42.9. The van der Waals surface area contributed by atoms with E-state index in [1.54, 1.807) is 49.5 Å². The van der Waals surface area contributed by atoms with Crippen LogP contribution < -0.4 is 5.32 Å². The Morgan fingerprint density at radius 2 is 1.75 bits per heavy atom. The summed E-state index contributed by atoms with van der Waals surface area (Å²) in [6.07, 6.45) is 4.80. The van der Waals surface area contributed by atoms with Crippen LogP contribution in [0.25, 0.3) is 0 Å². The molecule has 1 aromatic heterocycles. The summed E-state index contributed by atoms with van der Waals surface area (Å²) in [5.41, 5.74) is 2.48. The Labute approximate surface area is 163 Å². The molecule has 0 atom stereocenters. The maximum atomic E-state index is 13.0. The first-order valence-corrected chi connectivity index (χ1v) is 9.54. The summed E-state index contributed by atoms with van der Waals surface area (Å²) in [5, 5.41) is 3.09. The van der Waals surface area contributed by atoms with E-state index in [2.05, 4.69) is 10.3 Å². The van der Waals surface area contributed by atoms with Gasteiger partial charge in [-0.1, -0.05) is 24.3 Å². The van der Waals surface area contributed by atoms with Crippen LogP contribution in [0.5, 0.6) is 0 Å². The minimum absolute atomic E-state index is 0.144. The smallest absolute Gasteiger partial charge is 0.253 e. The maximum absolute atomic E-state index is 13.0. The van der Waals surface area contributed by atoms with Crippen molar-refractivity contribution in [3.63, 3.8) is 0 Å². The van der Waals surface area contributed by atoms with Gasteiger partial charge in [0.25, 0.3) is 5.91 Å². The third kappa shape index (κ3) is 3.07. The molecular weight excluding hydrogens is 352 g/mol. The highest BCUT2D eigenvalue weighted by Gasteiger charge is 2.34. The number of fused-ring (bicyclic) bond motifs is 1. The molecular formula is C23H22N2O3. The van der Waals surface area contributed by atoms with Gasteiger partial charge in [-0.05, 0) is 45.2 Å². The second kappa shape index (κ2) is 6.82. The van der Waals surface area contributed by atoms with Gasteiger partial charge in [0.05, 0.1) is 11.3 Å². The Kier molecular flexibility index (Phi) is 4.46. The summed E-state index contributed by atoms with van der Waals surface area (Å²) >= 11 is 0. The van der Waals surface area contributed by atoms with Crippen molar-refractivity contribution in [3.8, 4) is 0 Å². The molecule has 4 rings (SSSR count). The maximum Gasteiger partial charge on any atom is 0.253 e. The molecule has 142 valence electrons. The van der Waals surface area contributed by atoms with Crippen LogP contribution >= 0.6 is 0 Å². The molecule has 2 aromatic rings. The Morgan fingerprint density at radius 1 is 1.07 bits per heavy atom. The molecule has 2 aliphatic carbocycles. The van der Waals surface area contributed by atoms with Crippen LogP contribution in [0, 0.1) is 0 Å². The van der Waals surface area contributed by atoms with Crippen LogP contribution in [0.1, 0.15) is 69.9 Å². The Morgan fingerprint density at radius 3 is 2.39 bits per heavy atom. The summed E-state index contributed by atoms with van der Waals surface area (Å²) in [5.74, 6) is -0.497. The van der Waals surface area contributed by atoms with Gasteiger partial charge in [0.15, 0.2) is 11.6 Å². The van der Waals surface area contributed by atoms with Crippen molar-refractivity contribution in [2.75, 3.05) is 0 Å². The van der Waals surface area contributed by atoms with E-state index >= 15 is 0 Å². The zero-order valence-corrected chi connectivity index (χ0v) is 16.0. The molecule has 5 nitrogen and oxygen atoms in total. The predicted octanol–water partition coefficient (Wildman–Crippen LogP) is 3.69. The first-order chi connectivity index (χ1) is 13.4. The second-order valence-corrected chi connectivity index (χ2v) is 7.85. The number of Topliss-reactive ketones (excluding diaryl/α,β-unsaturated/α-hetero) is 2. The highest BCUT2D eigenvalue weighted by Crippen LogP contribution is 2.32. The second-order valence-electron chi connectivity index (χ2n) is 7.85. The van der Waals surface area contributed by atoms with Gasteiger partial charge >= 0.3 is 0 Å². The van der Waals surface area contributed by atoms with E-state index in [1.807, 2.05) is 6.92 Å². The average molecular weight is 374 g/mol. The van der Waals surface area contributed by atoms with Crippen LogP contribution in [-0.4, -0.2) is 28.0 Å². The molecule has 0 radical (unpaired) electrons. The van der Waals surface area contributed by atoms with Crippen molar-refractivity contribution in [2.45, 2.75) is 45.1 Å². The number of aromatic nitrogens is 1. The van der Waals surface area contributed by atoms with Gasteiger partial charge in [-0.25, -0.2) is 0 Å². The molecule has 1 aromatic carbocycles. The number of carbonyl (C=O) groups excluding carboxylic acids is 3. The normalized spacial score (nSPS) is 17.8. The molecule has 0 saturated heterocycles. The van der Waals surface area contributed by atoms with Gasteiger partial charge in [-0.3, -0.25) is 19.4 Å². The van der Waals surface area contributed by atoms with Crippen molar-refractivity contribution in [2.24, 2.45) is 0 Å². The minimum Gasteiger partial charge on any atom is -0.347 e. The standard InChI is InChI=1S/C23H22N2O3/c1-14-18(21(27)16-8-4-3-7-15(16)20(14)26)13-19-17(9-5-12-24-19)22(28)25-23(2)10-6-11-23/h3-5,7-9,12H,6,10-11,13H2,1-2H3,(H,25,28). The third-order valence-electron chi connectivity index (χ3n) is 5.84. The van der Waals surface area contributed by atoms with Crippen LogP contribution in [-0.2, 0) is 6.42 Å². The topological polar surface area (TPSA) is 76.1 Å².